The van der Waals surface area contributed by atoms with Gasteiger partial charge in [-0.25, -0.2) is 13.4 Å². The predicted molar refractivity (Wildman–Crippen MR) is 115 cm³/mol. The number of hydrogen-bond acceptors (Lipinski definition) is 5. The highest BCUT2D eigenvalue weighted by Gasteiger charge is 2.24. The van der Waals surface area contributed by atoms with Gasteiger partial charge in [0, 0.05) is 23.1 Å². The van der Waals surface area contributed by atoms with Crippen LogP contribution in [0.15, 0.2) is 47.8 Å². The standard InChI is InChI=1S/C21H22N2O3S2/c1-3-26-18-9-6-15(7-10-18)21-22-19(14-27-21)16-8-11-20-17(13-16)5-4-12-23(20)28(2,24)25/h6-11,13-14H,3-5,12H2,1-2H3. The van der Waals surface area contributed by atoms with Crippen LogP contribution in [0.5, 0.6) is 5.75 Å². The van der Waals surface area contributed by atoms with Crippen LogP contribution < -0.4 is 9.04 Å². The first-order valence-corrected chi connectivity index (χ1v) is 12.0. The van der Waals surface area contributed by atoms with E-state index in [9.17, 15) is 8.42 Å². The van der Waals surface area contributed by atoms with Crippen LogP contribution in [-0.2, 0) is 16.4 Å². The second kappa shape index (κ2) is 7.56. The number of thiazole rings is 1. The Morgan fingerprint density at radius 3 is 2.61 bits per heavy atom. The lowest BCUT2D eigenvalue weighted by molar-refractivity contribution is 0.340. The lowest BCUT2D eigenvalue weighted by atomic mass is 10.00. The van der Waals surface area contributed by atoms with Gasteiger partial charge < -0.3 is 4.74 Å². The largest absolute Gasteiger partial charge is 0.494 e. The molecule has 28 heavy (non-hydrogen) atoms. The number of hydrogen-bond donors (Lipinski definition) is 0. The number of aryl methyl sites for hydroxylation is 1. The van der Waals surface area contributed by atoms with E-state index in [0.29, 0.717) is 13.2 Å². The van der Waals surface area contributed by atoms with Crippen molar-refractivity contribution >= 4 is 27.0 Å². The van der Waals surface area contributed by atoms with E-state index in [4.69, 9.17) is 9.72 Å². The van der Waals surface area contributed by atoms with Crippen molar-refractivity contribution in [1.29, 1.82) is 0 Å². The van der Waals surface area contributed by atoms with Gasteiger partial charge in [0.25, 0.3) is 0 Å². The Labute approximate surface area is 169 Å². The Balaban J connectivity index is 1.62. The zero-order valence-electron chi connectivity index (χ0n) is 15.9. The lowest BCUT2D eigenvalue weighted by Gasteiger charge is -2.29. The summed E-state index contributed by atoms with van der Waals surface area (Å²) in [5.74, 6) is 0.855. The summed E-state index contributed by atoms with van der Waals surface area (Å²) in [6.45, 7) is 3.16. The van der Waals surface area contributed by atoms with Gasteiger partial charge in [0.2, 0.25) is 10.0 Å². The first-order valence-electron chi connectivity index (χ1n) is 9.25. The van der Waals surface area contributed by atoms with Gasteiger partial charge in [-0.3, -0.25) is 4.31 Å². The monoisotopic (exact) mass is 414 g/mol. The first kappa shape index (κ1) is 19.0. The Hall–Kier alpha value is -2.38. The summed E-state index contributed by atoms with van der Waals surface area (Å²) in [6.07, 6.45) is 2.97. The quantitative estimate of drug-likeness (QED) is 0.613. The number of benzene rings is 2. The molecule has 0 fully saturated rings. The van der Waals surface area contributed by atoms with Crippen molar-refractivity contribution in [3.05, 3.63) is 53.4 Å². The van der Waals surface area contributed by atoms with Gasteiger partial charge in [0.1, 0.15) is 10.8 Å². The third-order valence-electron chi connectivity index (χ3n) is 4.77. The number of fused-ring (bicyclic) bond motifs is 1. The van der Waals surface area contributed by atoms with Crippen LogP contribution in [0.4, 0.5) is 5.69 Å². The Morgan fingerprint density at radius 2 is 1.89 bits per heavy atom. The molecule has 0 bridgehead atoms. The Bertz CT molecular complexity index is 1090. The molecule has 7 heteroatoms. The van der Waals surface area contributed by atoms with Crippen LogP contribution >= 0.6 is 11.3 Å². The summed E-state index contributed by atoms with van der Waals surface area (Å²) in [7, 11) is -3.25. The molecule has 2 heterocycles. The molecule has 4 rings (SSSR count). The van der Waals surface area contributed by atoms with Gasteiger partial charge in [-0.1, -0.05) is 6.07 Å². The molecular weight excluding hydrogens is 392 g/mol. The molecule has 1 aliphatic heterocycles. The van der Waals surface area contributed by atoms with E-state index in [1.165, 1.54) is 10.6 Å². The van der Waals surface area contributed by atoms with Gasteiger partial charge in [-0.15, -0.1) is 11.3 Å². The topological polar surface area (TPSA) is 59.5 Å². The average Bonchev–Trinajstić information content (AvgIpc) is 3.17. The zero-order chi connectivity index (χ0) is 19.7. The highest BCUT2D eigenvalue weighted by molar-refractivity contribution is 7.92. The van der Waals surface area contributed by atoms with Crippen molar-refractivity contribution in [3.63, 3.8) is 0 Å². The van der Waals surface area contributed by atoms with E-state index in [1.807, 2.05) is 48.7 Å². The fraction of sp³-hybridized carbons (Fsp3) is 0.286. The van der Waals surface area contributed by atoms with Crippen LogP contribution in [0.1, 0.15) is 18.9 Å². The van der Waals surface area contributed by atoms with E-state index in [2.05, 4.69) is 6.07 Å². The third-order valence-corrected chi connectivity index (χ3v) is 6.84. The van der Waals surface area contributed by atoms with Crippen molar-refractivity contribution in [3.8, 4) is 27.6 Å². The summed E-state index contributed by atoms with van der Waals surface area (Å²) in [5, 5.41) is 3.00. The molecule has 0 N–H and O–H groups in total. The maximum atomic E-state index is 12.0. The fourth-order valence-electron chi connectivity index (χ4n) is 3.47. The Morgan fingerprint density at radius 1 is 1.14 bits per heavy atom. The van der Waals surface area contributed by atoms with Crippen LogP contribution in [-0.4, -0.2) is 32.8 Å². The zero-order valence-corrected chi connectivity index (χ0v) is 17.5. The van der Waals surface area contributed by atoms with Gasteiger partial charge in [-0.05, 0) is 61.7 Å². The molecule has 5 nitrogen and oxygen atoms in total. The van der Waals surface area contributed by atoms with Gasteiger partial charge in [0.05, 0.1) is 24.2 Å². The van der Waals surface area contributed by atoms with Crippen LogP contribution in [0.3, 0.4) is 0 Å². The van der Waals surface area contributed by atoms with Crippen molar-refractivity contribution in [2.45, 2.75) is 19.8 Å². The minimum atomic E-state index is -3.25. The molecule has 1 aromatic heterocycles. The number of sulfonamides is 1. The minimum absolute atomic E-state index is 0.545. The Kier molecular flexibility index (Phi) is 5.12. The summed E-state index contributed by atoms with van der Waals surface area (Å²) >= 11 is 1.60. The molecule has 146 valence electrons. The molecule has 2 aromatic carbocycles. The maximum Gasteiger partial charge on any atom is 0.232 e. The average molecular weight is 415 g/mol. The van der Waals surface area contributed by atoms with Crippen LogP contribution in [0, 0.1) is 0 Å². The molecule has 0 amide bonds. The minimum Gasteiger partial charge on any atom is -0.494 e. The predicted octanol–water partition coefficient (Wildman–Crippen LogP) is 4.59. The van der Waals surface area contributed by atoms with E-state index in [-0.39, 0.29) is 0 Å². The van der Waals surface area contributed by atoms with Gasteiger partial charge in [0.15, 0.2) is 0 Å². The van der Waals surface area contributed by atoms with Crippen molar-refractivity contribution in [2.24, 2.45) is 0 Å². The number of anilines is 1. The van der Waals surface area contributed by atoms with Crippen molar-refractivity contribution in [1.82, 2.24) is 4.98 Å². The molecule has 3 aromatic rings. The molecule has 0 aliphatic carbocycles. The summed E-state index contributed by atoms with van der Waals surface area (Å²) in [5.41, 5.74) is 4.83. The highest BCUT2D eigenvalue weighted by Crippen LogP contribution is 2.35. The SMILES string of the molecule is CCOc1ccc(-c2nc(-c3ccc4c(c3)CCCN4S(C)(=O)=O)cs2)cc1. The van der Waals surface area contributed by atoms with E-state index in [0.717, 1.165) is 51.7 Å². The summed E-state index contributed by atoms with van der Waals surface area (Å²) in [6, 6.07) is 13.9. The smallest absolute Gasteiger partial charge is 0.232 e. The molecule has 1 aliphatic rings. The summed E-state index contributed by atoms with van der Waals surface area (Å²) < 4.78 is 31.1. The van der Waals surface area contributed by atoms with Crippen LogP contribution in [0.2, 0.25) is 0 Å². The second-order valence-corrected chi connectivity index (χ2v) is 9.54. The lowest BCUT2D eigenvalue weighted by Crippen LogP contribution is -2.34. The molecule has 0 unspecified atom stereocenters. The second-order valence-electron chi connectivity index (χ2n) is 6.78. The van der Waals surface area contributed by atoms with Crippen molar-refractivity contribution < 1.29 is 13.2 Å². The summed E-state index contributed by atoms with van der Waals surface area (Å²) in [4.78, 5) is 4.79. The van der Waals surface area contributed by atoms with Gasteiger partial charge >= 0.3 is 0 Å². The number of ether oxygens (including phenoxy) is 1. The first-order chi connectivity index (χ1) is 13.5. The molecule has 0 radical (unpaired) electrons. The van der Waals surface area contributed by atoms with E-state index in [1.54, 1.807) is 11.3 Å². The highest BCUT2D eigenvalue weighted by atomic mass is 32.2. The number of rotatable bonds is 5. The molecule has 0 saturated carbocycles. The molecular formula is C21H22N2O3S2. The normalized spacial score (nSPS) is 14.0. The van der Waals surface area contributed by atoms with Crippen molar-refractivity contribution in [2.75, 3.05) is 23.7 Å². The van der Waals surface area contributed by atoms with Gasteiger partial charge in [-0.2, -0.15) is 0 Å². The van der Waals surface area contributed by atoms with Crippen LogP contribution in [0.25, 0.3) is 21.8 Å². The van der Waals surface area contributed by atoms with E-state index < -0.39 is 10.0 Å². The third kappa shape index (κ3) is 3.77. The molecule has 0 spiro atoms. The van der Waals surface area contributed by atoms with E-state index >= 15 is 0 Å². The molecule has 0 saturated heterocycles. The molecule has 0 atom stereocenters. The maximum absolute atomic E-state index is 12.0. The number of aromatic nitrogens is 1. The number of nitrogens with zero attached hydrogens (tertiary/aromatic N) is 2. The fourth-order valence-corrected chi connectivity index (χ4v) is 5.30.